The summed E-state index contributed by atoms with van der Waals surface area (Å²) in [7, 11) is 0. The van der Waals surface area contributed by atoms with Gasteiger partial charge in [-0.3, -0.25) is 4.79 Å². The first-order valence-corrected chi connectivity index (χ1v) is 6.56. The third kappa shape index (κ3) is 3.68. The first kappa shape index (κ1) is 13.3. The Morgan fingerprint density at radius 1 is 1.05 bits per heavy atom. The van der Waals surface area contributed by atoms with Gasteiger partial charge in [-0.05, 0) is 42.7 Å². The molecule has 0 saturated heterocycles. The van der Waals surface area contributed by atoms with Crippen molar-refractivity contribution in [3.8, 4) is 0 Å². The van der Waals surface area contributed by atoms with Gasteiger partial charge in [0, 0.05) is 17.8 Å². The summed E-state index contributed by atoms with van der Waals surface area (Å²) in [4.78, 5) is 11.2. The second kappa shape index (κ2) is 6.19. The summed E-state index contributed by atoms with van der Waals surface area (Å²) in [5.74, 6) is 0.554. The van der Waals surface area contributed by atoms with E-state index >= 15 is 0 Å². The number of hydrogen-bond acceptors (Lipinski definition) is 2. The predicted octanol–water partition coefficient (Wildman–Crippen LogP) is 4.10. The first-order valence-electron chi connectivity index (χ1n) is 6.56. The molecule has 2 aromatic carbocycles. The van der Waals surface area contributed by atoms with E-state index in [-0.39, 0.29) is 5.78 Å². The van der Waals surface area contributed by atoms with Crippen LogP contribution in [0.4, 0.5) is 5.69 Å². The molecular weight excluding hydrogens is 234 g/mol. The molecule has 2 nitrogen and oxygen atoms in total. The SMILES string of the molecule is CC(=O)c1ccc(NC[C@H](C)c2ccccc2)cc1. The highest BCUT2D eigenvalue weighted by Gasteiger charge is 2.04. The smallest absolute Gasteiger partial charge is 0.159 e. The van der Waals surface area contributed by atoms with Crippen LogP contribution in [0.3, 0.4) is 0 Å². The predicted molar refractivity (Wildman–Crippen MR) is 79.8 cm³/mol. The number of carbonyl (C=O) groups is 1. The Morgan fingerprint density at radius 2 is 1.68 bits per heavy atom. The summed E-state index contributed by atoms with van der Waals surface area (Å²) in [6.45, 7) is 4.66. The molecule has 0 saturated carbocycles. The van der Waals surface area contributed by atoms with Crippen LogP contribution in [0.15, 0.2) is 54.6 Å². The molecule has 2 aromatic rings. The van der Waals surface area contributed by atoms with Gasteiger partial charge >= 0.3 is 0 Å². The zero-order valence-corrected chi connectivity index (χ0v) is 11.4. The average Bonchev–Trinajstić information content (AvgIpc) is 2.46. The maximum absolute atomic E-state index is 11.2. The minimum absolute atomic E-state index is 0.101. The lowest BCUT2D eigenvalue weighted by molar-refractivity contribution is 0.101. The van der Waals surface area contributed by atoms with Gasteiger partial charge in [-0.25, -0.2) is 0 Å². The highest BCUT2D eigenvalue weighted by Crippen LogP contribution is 2.16. The van der Waals surface area contributed by atoms with E-state index in [1.807, 2.05) is 30.3 Å². The quantitative estimate of drug-likeness (QED) is 0.813. The van der Waals surface area contributed by atoms with Crippen LogP contribution < -0.4 is 5.32 Å². The fourth-order valence-corrected chi connectivity index (χ4v) is 1.99. The molecule has 0 spiro atoms. The fourth-order valence-electron chi connectivity index (χ4n) is 1.99. The van der Waals surface area contributed by atoms with E-state index in [4.69, 9.17) is 0 Å². The van der Waals surface area contributed by atoms with E-state index in [0.717, 1.165) is 17.8 Å². The van der Waals surface area contributed by atoms with Gasteiger partial charge in [0.2, 0.25) is 0 Å². The van der Waals surface area contributed by atoms with Crippen molar-refractivity contribution in [1.29, 1.82) is 0 Å². The van der Waals surface area contributed by atoms with Crippen molar-refractivity contribution in [2.24, 2.45) is 0 Å². The van der Waals surface area contributed by atoms with Crippen LogP contribution in [0, 0.1) is 0 Å². The number of hydrogen-bond donors (Lipinski definition) is 1. The molecule has 0 heterocycles. The van der Waals surface area contributed by atoms with E-state index in [2.05, 4.69) is 36.5 Å². The van der Waals surface area contributed by atoms with Crippen molar-refractivity contribution < 1.29 is 4.79 Å². The Kier molecular flexibility index (Phi) is 4.35. The summed E-state index contributed by atoms with van der Waals surface area (Å²) in [5.41, 5.74) is 3.13. The van der Waals surface area contributed by atoms with Crippen molar-refractivity contribution in [3.63, 3.8) is 0 Å². The van der Waals surface area contributed by atoms with Crippen molar-refractivity contribution in [2.45, 2.75) is 19.8 Å². The molecule has 0 aliphatic heterocycles. The molecule has 0 fully saturated rings. The van der Waals surface area contributed by atoms with Gasteiger partial charge in [-0.2, -0.15) is 0 Å². The number of anilines is 1. The molecule has 19 heavy (non-hydrogen) atoms. The summed E-state index contributed by atoms with van der Waals surface area (Å²) in [6.07, 6.45) is 0. The Hall–Kier alpha value is -2.09. The van der Waals surface area contributed by atoms with E-state index in [9.17, 15) is 4.79 Å². The number of Topliss-reactive ketones (excluding diaryl/α,β-unsaturated/α-hetero) is 1. The molecule has 0 unspecified atom stereocenters. The van der Waals surface area contributed by atoms with E-state index in [1.165, 1.54) is 5.56 Å². The largest absolute Gasteiger partial charge is 0.384 e. The highest BCUT2D eigenvalue weighted by atomic mass is 16.1. The van der Waals surface area contributed by atoms with Crippen molar-refractivity contribution >= 4 is 11.5 Å². The summed E-state index contributed by atoms with van der Waals surface area (Å²) in [5, 5.41) is 3.40. The molecule has 1 atom stereocenters. The molecule has 2 heteroatoms. The van der Waals surface area contributed by atoms with E-state index in [0.29, 0.717) is 5.92 Å². The molecule has 0 aliphatic rings. The van der Waals surface area contributed by atoms with Crippen LogP contribution >= 0.6 is 0 Å². The molecule has 2 rings (SSSR count). The average molecular weight is 253 g/mol. The van der Waals surface area contributed by atoms with Crippen molar-refractivity contribution in [1.82, 2.24) is 0 Å². The molecular formula is C17H19NO. The molecule has 0 aromatic heterocycles. The Balaban J connectivity index is 1.93. The minimum atomic E-state index is 0.101. The number of nitrogens with one attached hydrogen (secondary N) is 1. The summed E-state index contributed by atoms with van der Waals surface area (Å²) >= 11 is 0. The highest BCUT2D eigenvalue weighted by molar-refractivity contribution is 5.94. The normalized spacial score (nSPS) is 11.9. The topological polar surface area (TPSA) is 29.1 Å². The second-order valence-electron chi connectivity index (χ2n) is 4.83. The second-order valence-corrected chi connectivity index (χ2v) is 4.83. The standard InChI is InChI=1S/C17H19NO/c1-13(15-6-4-3-5-7-15)12-18-17-10-8-16(9-11-17)14(2)19/h3-11,13,18H,12H2,1-2H3/t13-/m0/s1. The molecule has 0 bridgehead atoms. The van der Waals surface area contributed by atoms with Crippen LogP contribution in [-0.2, 0) is 0 Å². The van der Waals surface area contributed by atoms with Crippen LogP contribution in [0.2, 0.25) is 0 Å². The van der Waals surface area contributed by atoms with Gasteiger partial charge < -0.3 is 5.32 Å². The van der Waals surface area contributed by atoms with Gasteiger partial charge in [0.1, 0.15) is 0 Å². The molecule has 98 valence electrons. The summed E-state index contributed by atoms with van der Waals surface area (Å²) < 4.78 is 0. The van der Waals surface area contributed by atoms with Gasteiger partial charge in [0.05, 0.1) is 0 Å². The monoisotopic (exact) mass is 253 g/mol. The lowest BCUT2D eigenvalue weighted by Gasteiger charge is -2.14. The maximum atomic E-state index is 11.2. The lowest BCUT2D eigenvalue weighted by atomic mass is 10.0. The number of benzene rings is 2. The van der Waals surface area contributed by atoms with Gasteiger partial charge in [-0.1, -0.05) is 37.3 Å². The third-order valence-electron chi connectivity index (χ3n) is 3.27. The third-order valence-corrected chi connectivity index (χ3v) is 3.27. The molecule has 0 aliphatic carbocycles. The molecule has 1 N–H and O–H groups in total. The van der Waals surface area contributed by atoms with Gasteiger partial charge in [-0.15, -0.1) is 0 Å². The fraction of sp³-hybridized carbons (Fsp3) is 0.235. The zero-order chi connectivity index (χ0) is 13.7. The number of rotatable bonds is 5. The number of ketones is 1. The van der Waals surface area contributed by atoms with Crippen LogP contribution in [0.25, 0.3) is 0 Å². The van der Waals surface area contributed by atoms with Gasteiger partial charge in [0.25, 0.3) is 0 Å². The zero-order valence-electron chi connectivity index (χ0n) is 11.4. The lowest BCUT2D eigenvalue weighted by Crippen LogP contribution is -2.09. The van der Waals surface area contributed by atoms with Gasteiger partial charge in [0.15, 0.2) is 5.78 Å². The van der Waals surface area contributed by atoms with Crippen LogP contribution in [-0.4, -0.2) is 12.3 Å². The number of carbonyl (C=O) groups excluding carboxylic acids is 1. The maximum Gasteiger partial charge on any atom is 0.159 e. The Bertz CT molecular complexity index is 531. The molecule has 0 radical (unpaired) electrons. The van der Waals surface area contributed by atoms with Crippen molar-refractivity contribution in [3.05, 3.63) is 65.7 Å². The minimum Gasteiger partial charge on any atom is -0.384 e. The van der Waals surface area contributed by atoms with E-state index in [1.54, 1.807) is 6.92 Å². The van der Waals surface area contributed by atoms with E-state index < -0.39 is 0 Å². The summed E-state index contributed by atoms with van der Waals surface area (Å²) in [6, 6.07) is 18.1. The van der Waals surface area contributed by atoms with Crippen LogP contribution in [0.5, 0.6) is 0 Å². The van der Waals surface area contributed by atoms with Crippen molar-refractivity contribution in [2.75, 3.05) is 11.9 Å². The Morgan fingerprint density at radius 3 is 2.26 bits per heavy atom. The van der Waals surface area contributed by atoms with Crippen LogP contribution in [0.1, 0.15) is 35.7 Å². The Labute approximate surface area is 114 Å². The molecule has 0 amide bonds. The first-order chi connectivity index (χ1) is 9.16.